The lowest BCUT2D eigenvalue weighted by Crippen LogP contribution is -2.19. The summed E-state index contributed by atoms with van der Waals surface area (Å²) < 4.78 is 0. The molecule has 0 aliphatic heterocycles. The molecule has 22 heavy (non-hydrogen) atoms. The monoisotopic (exact) mass is 352 g/mol. The molecule has 2 rings (SSSR count). The van der Waals surface area contributed by atoms with Crippen LogP contribution in [-0.2, 0) is 4.79 Å². The summed E-state index contributed by atoms with van der Waals surface area (Å²) in [4.78, 5) is 12.9. The first kappa shape index (κ1) is 16.9. The van der Waals surface area contributed by atoms with Crippen LogP contribution in [0.25, 0.3) is 0 Å². The predicted octanol–water partition coefficient (Wildman–Crippen LogP) is 4.54. The minimum Gasteiger partial charge on any atom is -0.272 e. The molecule has 0 unspecified atom stereocenters. The second-order valence-corrected chi connectivity index (χ2v) is 6.31. The zero-order valence-corrected chi connectivity index (χ0v) is 14.2. The summed E-state index contributed by atoms with van der Waals surface area (Å²) in [6.07, 6.45) is 1.45. The van der Waals surface area contributed by atoms with E-state index >= 15 is 0 Å². The van der Waals surface area contributed by atoms with Gasteiger partial charge < -0.3 is 0 Å². The smallest absolute Gasteiger partial charge is 0.250 e. The van der Waals surface area contributed by atoms with Crippen molar-refractivity contribution in [3.63, 3.8) is 0 Å². The van der Waals surface area contributed by atoms with Crippen molar-refractivity contribution >= 4 is 47.1 Å². The standard InChI is InChI=1S/C16H14Cl2N2OS/c1-11-5-2-3-8-15(11)22-10-16(21)20-19-9-12-13(17)6-4-7-14(12)18/h2-9H,10H2,1H3,(H,20,21)/b19-9+. The topological polar surface area (TPSA) is 41.5 Å². The number of hydrazone groups is 1. The SMILES string of the molecule is Cc1ccccc1SCC(=O)N/N=C/c1c(Cl)cccc1Cl. The summed E-state index contributed by atoms with van der Waals surface area (Å²) in [5.74, 6) is 0.103. The Morgan fingerprint density at radius 1 is 1.18 bits per heavy atom. The van der Waals surface area contributed by atoms with E-state index in [2.05, 4.69) is 10.5 Å². The highest BCUT2D eigenvalue weighted by molar-refractivity contribution is 8.00. The molecule has 6 heteroatoms. The number of aryl methyl sites for hydroxylation is 1. The number of hydrogen-bond donors (Lipinski definition) is 1. The zero-order chi connectivity index (χ0) is 15.9. The molecule has 0 bridgehead atoms. The van der Waals surface area contributed by atoms with Gasteiger partial charge in [0.25, 0.3) is 0 Å². The van der Waals surface area contributed by atoms with Gasteiger partial charge in [-0.1, -0.05) is 47.5 Å². The van der Waals surface area contributed by atoms with Crippen LogP contribution < -0.4 is 5.43 Å². The van der Waals surface area contributed by atoms with Gasteiger partial charge in [-0.2, -0.15) is 5.10 Å². The average molecular weight is 353 g/mol. The van der Waals surface area contributed by atoms with E-state index < -0.39 is 0 Å². The van der Waals surface area contributed by atoms with Gasteiger partial charge in [-0.25, -0.2) is 5.43 Å². The Bertz CT molecular complexity index is 684. The van der Waals surface area contributed by atoms with Gasteiger partial charge in [0.15, 0.2) is 0 Å². The Hall–Kier alpha value is -1.49. The summed E-state index contributed by atoms with van der Waals surface area (Å²) in [5, 5.41) is 4.86. The lowest BCUT2D eigenvalue weighted by Gasteiger charge is -2.04. The van der Waals surface area contributed by atoms with Crippen molar-refractivity contribution in [2.45, 2.75) is 11.8 Å². The highest BCUT2D eigenvalue weighted by Crippen LogP contribution is 2.22. The van der Waals surface area contributed by atoms with Crippen LogP contribution in [0.2, 0.25) is 10.0 Å². The van der Waals surface area contributed by atoms with E-state index in [0.717, 1.165) is 10.5 Å². The zero-order valence-electron chi connectivity index (χ0n) is 11.8. The Morgan fingerprint density at radius 3 is 2.55 bits per heavy atom. The van der Waals surface area contributed by atoms with Gasteiger partial charge in [-0.3, -0.25) is 4.79 Å². The number of nitrogens with one attached hydrogen (secondary N) is 1. The van der Waals surface area contributed by atoms with Gasteiger partial charge in [-0.05, 0) is 30.7 Å². The maximum atomic E-state index is 11.8. The lowest BCUT2D eigenvalue weighted by atomic mass is 10.2. The van der Waals surface area contributed by atoms with Gasteiger partial charge in [0.05, 0.1) is 22.0 Å². The molecule has 0 fully saturated rings. The van der Waals surface area contributed by atoms with E-state index in [9.17, 15) is 4.79 Å². The fourth-order valence-electron chi connectivity index (χ4n) is 1.70. The van der Waals surface area contributed by atoms with Gasteiger partial charge in [-0.15, -0.1) is 11.8 Å². The molecule has 0 radical (unpaired) electrons. The fraction of sp³-hybridized carbons (Fsp3) is 0.125. The number of thioether (sulfide) groups is 1. The second kappa shape index (κ2) is 8.22. The second-order valence-electron chi connectivity index (χ2n) is 4.48. The molecule has 0 saturated heterocycles. The molecule has 0 aliphatic carbocycles. The Morgan fingerprint density at radius 2 is 1.86 bits per heavy atom. The molecule has 1 N–H and O–H groups in total. The Labute approximate surface area is 143 Å². The summed E-state index contributed by atoms with van der Waals surface area (Å²) in [6, 6.07) is 13.1. The van der Waals surface area contributed by atoms with Crippen LogP contribution in [0.3, 0.4) is 0 Å². The van der Waals surface area contributed by atoms with Crippen LogP contribution in [0.5, 0.6) is 0 Å². The summed E-state index contributed by atoms with van der Waals surface area (Å²) in [5.41, 5.74) is 4.19. The maximum Gasteiger partial charge on any atom is 0.250 e. The number of carbonyl (C=O) groups excluding carboxylic acids is 1. The first-order valence-electron chi connectivity index (χ1n) is 6.52. The van der Waals surface area contributed by atoms with Crippen LogP contribution in [0, 0.1) is 6.92 Å². The lowest BCUT2D eigenvalue weighted by molar-refractivity contribution is -0.118. The molecular weight excluding hydrogens is 339 g/mol. The Balaban J connectivity index is 1.88. The molecule has 0 aliphatic rings. The summed E-state index contributed by atoms with van der Waals surface area (Å²) >= 11 is 13.5. The van der Waals surface area contributed by atoms with E-state index in [1.807, 2.05) is 31.2 Å². The molecule has 0 saturated carbocycles. The fourth-order valence-corrected chi connectivity index (χ4v) is 3.01. The van der Waals surface area contributed by atoms with Gasteiger partial charge in [0.2, 0.25) is 5.91 Å². The number of nitrogens with zero attached hydrogens (tertiary/aromatic N) is 1. The maximum absolute atomic E-state index is 11.8. The quantitative estimate of drug-likeness (QED) is 0.487. The highest BCUT2D eigenvalue weighted by Gasteiger charge is 2.05. The molecule has 2 aromatic rings. The van der Waals surface area contributed by atoms with Gasteiger partial charge in [0.1, 0.15) is 0 Å². The van der Waals surface area contributed by atoms with Gasteiger partial charge in [0, 0.05) is 10.5 Å². The number of rotatable bonds is 5. The van der Waals surface area contributed by atoms with Crippen LogP contribution >= 0.6 is 35.0 Å². The molecule has 0 aromatic heterocycles. The predicted molar refractivity (Wildman–Crippen MR) is 94.1 cm³/mol. The largest absolute Gasteiger partial charge is 0.272 e. The minimum absolute atomic E-state index is 0.187. The van der Waals surface area contributed by atoms with Crippen molar-refractivity contribution in [1.29, 1.82) is 0 Å². The van der Waals surface area contributed by atoms with E-state index in [-0.39, 0.29) is 5.91 Å². The molecule has 1 amide bonds. The normalized spacial score (nSPS) is 10.9. The van der Waals surface area contributed by atoms with Crippen LogP contribution in [0.1, 0.15) is 11.1 Å². The van der Waals surface area contributed by atoms with Crippen LogP contribution in [-0.4, -0.2) is 17.9 Å². The molecular formula is C16H14Cl2N2OS. The van der Waals surface area contributed by atoms with E-state index in [1.165, 1.54) is 18.0 Å². The van der Waals surface area contributed by atoms with Crippen molar-refractivity contribution in [2.75, 3.05) is 5.75 Å². The Kier molecular flexibility index (Phi) is 6.31. The van der Waals surface area contributed by atoms with Crippen molar-refractivity contribution in [3.05, 3.63) is 63.6 Å². The van der Waals surface area contributed by atoms with E-state index in [0.29, 0.717) is 21.4 Å². The van der Waals surface area contributed by atoms with Crippen molar-refractivity contribution in [2.24, 2.45) is 5.10 Å². The first-order valence-corrected chi connectivity index (χ1v) is 8.26. The first-order chi connectivity index (χ1) is 10.6. The summed E-state index contributed by atoms with van der Waals surface area (Å²) in [7, 11) is 0. The number of amides is 1. The van der Waals surface area contributed by atoms with Crippen molar-refractivity contribution in [1.82, 2.24) is 5.43 Å². The molecule has 114 valence electrons. The van der Waals surface area contributed by atoms with Gasteiger partial charge >= 0.3 is 0 Å². The highest BCUT2D eigenvalue weighted by atomic mass is 35.5. The number of halogens is 2. The molecule has 0 atom stereocenters. The van der Waals surface area contributed by atoms with Crippen LogP contribution in [0.15, 0.2) is 52.5 Å². The van der Waals surface area contributed by atoms with Crippen molar-refractivity contribution in [3.8, 4) is 0 Å². The third-order valence-electron chi connectivity index (χ3n) is 2.83. The van der Waals surface area contributed by atoms with E-state index in [4.69, 9.17) is 23.2 Å². The third kappa shape index (κ3) is 4.77. The summed E-state index contributed by atoms with van der Waals surface area (Å²) in [6.45, 7) is 2.01. The number of carbonyl (C=O) groups is 1. The third-order valence-corrected chi connectivity index (χ3v) is 4.67. The molecule has 0 spiro atoms. The molecule has 2 aromatic carbocycles. The average Bonchev–Trinajstić information content (AvgIpc) is 2.49. The number of hydrogen-bond acceptors (Lipinski definition) is 3. The number of benzene rings is 2. The van der Waals surface area contributed by atoms with Crippen molar-refractivity contribution < 1.29 is 4.79 Å². The molecule has 0 heterocycles. The molecule has 3 nitrogen and oxygen atoms in total. The van der Waals surface area contributed by atoms with E-state index in [1.54, 1.807) is 18.2 Å². The van der Waals surface area contributed by atoms with Crippen LogP contribution in [0.4, 0.5) is 0 Å². The minimum atomic E-state index is -0.187.